The van der Waals surface area contributed by atoms with Crippen LogP contribution in [0.1, 0.15) is 23.6 Å². The zero-order chi connectivity index (χ0) is 18.4. The summed E-state index contributed by atoms with van der Waals surface area (Å²) in [5, 5.41) is 14.0. The number of aliphatic hydroxyl groups excluding tert-OH is 1. The summed E-state index contributed by atoms with van der Waals surface area (Å²) in [6.07, 6.45) is 0.928. The van der Waals surface area contributed by atoms with Gasteiger partial charge in [0.25, 0.3) is 0 Å². The zero-order valence-corrected chi connectivity index (χ0v) is 15.5. The third-order valence-corrected chi connectivity index (χ3v) is 5.86. The Bertz CT molecular complexity index is 860. The molecule has 3 heterocycles. The van der Waals surface area contributed by atoms with Crippen molar-refractivity contribution in [2.75, 3.05) is 5.32 Å². The molecular weight excluding hydrogens is 375 g/mol. The molecule has 1 aromatic heterocycles. The second kappa shape index (κ2) is 6.82. The Balaban J connectivity index is 1.62. The molecule has 0 radical (unpaired) electrons. The normalized spacial score (nSPS) is 29.8. The molecule has 0 spiro atoms. The molecule has 2 N–H and O–H groups in total. The van der Waals surface area contributed by atoms with Gasteiger partial charge in [-0.05, 0) is 42.8 Å². The number of anilines is 1. The molecule has 136 valence electrons. The number of ether oxygens (including phenoxy) is 1. The van der Waals surface area contributed by atoms with Crippen molar-refractivity contribution in [3.05, 3.63) is 57.8 Å². The van der Waals surface area contributed by atoms with Gasteiger partial charge in [0.15, 0.2) is 0 Å². The number of benzene rings is 1. The molecule has 5 nitrogen and oxygen atoms in total. The molecule has 5 atom stereocenters. The van der Waals surface area contributed by atoms with Gasteiger partial charge < -0.3 is 15.2 Å². The second-order valence-corrected chi connectivity index (χ2v) is 7.66. The lowest BCUT2D eigenvalue weighted by Crippen LogP contribution is -2.41. The molecule has 2 saturated heterocycles. The van der Waals surface area contributed by atoms with Gasteiger partial charge in [-0.3, -0.25) is 9.78 Å². The van der Waals surface area contributed by atoms with Crippen LogP contribution in [0.2, 0.25) is 10.0 Å². The average Bonchev–Trinajstić information content (AvgIpc) is 3.15. The van der Waals surface area contributed by atoms with Crippen molar-refractivity contribution in [2.45, 2.75) is 37.6 Å². The number of aliphatic hydroxyl groups is 1. The molecule has 4 rings (SSSR count). The summed E-state index contributed by atoms with van der Waals surface area (Å²) in [7, 11) is 0. The minimum absolute atomic E-state index is 0.151. The van der Waals surface area contributed by atoms with Crippen molar-refractivity contribution in [1.82, 2.24) is 4.98 Å². The maximum atomic E-state index is 13.0. The smallest absolute Gasteiger partial charge is 0.230 e. The maximum Gasteiger partial charge on any atom is 0.230 e. The monoisotopic (exact) mass is 392 g/mol. The minimum atomic E-state index is -0.563. The maximum absolute atomic E-state index is 13.0. The lowest BCUT2D eigenvalue weighted by atomic mass is 9.74. The molecule has 0 aliphatic carbocycles. The number of nitrogens with one attached hydrogen (secondary N) is 1. The first-order chi connectivity index (χ1) is 12.4. The second-order valence-electron chi connectivity index (χ2n) is 6.84. The highest BCUT2D eigenvalue weighted by Gasteiger charge is 2.56. The van der Waals surface area contributed by atoms with Crippen LogP contribution in [0, 0.1) is 12.8 Å². The van der Waals surface area contributed by atoms with E-state index in [9.17, 15) is 9.90 Å². The fraction of sp³-hybridized carbons (Fsp3) is 0.368. The molecule has 26 heavy (non-hydrogen) atoms. The largest absolute Gasteiger partial charge is 0.390 e. The molecule has 2 fully saturated rings. The van der Waals surface area contributed by atoms with Gasteiger partial charge in [-0.2, -0.15) is 0 Å². The Morgan fingerprint density at radius 2 is 2.08 bits per heavy atom. The van der Waals surface area contributed by atoms with Crippen molar-refractivity contribution < 1.29 is 14.6 Å². The number of hydrogen-bond acceptors (Lipinski definition) is 4. The first-order valence-electron chi connectivity index (χ1n) is 8.46. The molecule has 2 aromatic rings. The lowest BCUT2D eigenvalue weighted by molar-refractivity contribution is -0.121. The molecule has 2 aliphatic heterocycles. The van der Waals surface area contributed by atoms with Gasteiger partial charge in [-0.15, -0.1) is 0 Å². The van der Waals surface area contributed by atoms with Gasteiger partial charge in [0.05, 0.1) is 34.3 Å². The zero-order valence-electron chi connectivity index (χ0n) is 14.0. The van der Waals surface area contributed by atoms with Gasteiger partial charge in [0, 0.05) is 29.9 Å². The molecule has 2 aliphatic rings. The van der Waals surface area contributed by atoms with Crippen LogP contribution in [0.5, 0.6) is 0 Å². The summed E-state index contributed by atoms with van der Waals surface area (Å²) in [4.78, 5) is 17.2. The number of amides is 1. The van der Waals surface area contributed by atoms with Crippen LogP contribution in [-0.4, -0.2) is 34.3 Å². The van der Waals surface area contributed by atoms with Crippen LogP contribution in [0.3, 0.4) is 0 Å². The first-order valence-corrected chi connectivity index (χ1v) is 9.21. The summed E-state index contributed by atoms with van der Waals surface area (Å²) >= 11 is 12.0. The van der Waals surface area contributed by atoms with Gasteiger partial charge >= 0.3 is 0 Å². The number of aromatic nitrogens is 1. The molecule has 7 heteroatoms. The molecule has 1 aromatic carbocycles. The van der Waals surface area contributed by atoms with Crippen molar-refractivity contribution in [2.24, 2.45) is 5.92 Å². The number of carbonyl (C=O) groups is 1. The molecule has 2 bridgehead atoms. The summed E-state index contributed by atoms with van der Waals surface area (Å²) in [5.74, 6) is -0.755. The third-order valence-electron chi connectivity index (χ3n) is 5.12. The van der Waals surface area contributed by atoms with E-state index in [4.69, 9.17) is 27.9 Å². The van der Waals surface area contributed by atoms with Gasteiger partial charge in [-0.1, -0.05) is 23.2 Å². The number of fused-ring (bicyclic) bond motifs is 2. The van der Waals surface area contributed by atoms with Crippen LogP contribution in [0.15, 0.2) is 36.5 Å². The Morgan fingerprint density at radius 1 is 1.27 bits per heavy atom. The third kappa shape index (κ3) is 3.09. The number of aryl methyl sites for hydroxylation is 1. The van der Waals surface area contributed by atoms with Gasteiger partial charge in [0.1, 0.15) is 0 Å². The van der Waals surface area contributed by atoms with Crippen molar-refractivity contribution in [3.63, 3.8) is 0 Å². The van der Waals surface area contributed by atoms with E-state index in [1.54, 1.807) is 24.4 Å². The van der Waals surface area contributed by atoms with Crippen LogP contribution >= 0.6 is 23.2 Å². The molecule has 0 saturated carbocycles. The minimum Gasteiger partial charge on any atom is -0.390 e. The Labute approximate surface area is 161 Å². The molecule has 1 amide bonds. The Hall–Kier alpha value is -1.66. The fourth-order valence-corrected chi connectivity index (χ4v) is 4.31. The van der Waals surface area contributed by atoms with E-state index in [1.165, 1.54) is 0 Å². The molecular formula is C19H18Cl2N2O3. The fourth-order valence-electron chi connectivity index (χ4n) is 4.01. The van der Waals surface area contributed by atoms with E-state index < -0.39 is 6.10 Å². The number of halogens is 2. The van der Waals surface area contributed by atoms with Crippen molar-refractivity contribution >= 4 is 34.8 Å². The van der Waals surface area contributed by atoms with E-state index in [0.717, 1.165) is 11.3 Å². The van der Waals surface area contributed by atoms with Crippen LogP contribution in [0.25, 0.3) is 0 Å². The highest BCUT2D eigenvalue weighted by molar-refractivity contribution is 6.42. The highest BCUT2D eigenvalue weighted by Crippen LogP contribution is 2.49. The number of hydrogen-bond donors (Lipinski definition) is 2. The van der Waals surface area contributed by atoms with E-state index in [-0.39, 0.29) is 30.0 Å². The quantitative estimate of drug-likeness (QED) is 0.837. The van der Waals surface area contributed by atoms with E-state index in [0.29, 0.717) is 22.2 Å². The summed E-state index contributed by atoms with van der Waals surface area (Å²) in [6.45, 7) is 1.90. The average molecular weight is 393 g/mol. The van der Waals surface area contributed by atoms with Gasteiger partial charge in [0.2, 0.25) is 5.91 Å². The topological polar surface area (TPSA) is 71.5 Å². The molecule has 0 unspecified atom stereocenters. The number of pyridine rings is 1. The van der Waals surface area contributed by atoms with E-state index >= 15 is 0 Å². The summed E-state index contributed by atoms with van der Waals surface area (Å²) in [6, 6.07) is 8.80. The number of carbonyl (C=O) groups excluding carboxylic acids is 1. The number of rotatable bonds is 3. The summed E-state index contributed by atoms with van der Waals surface area (Å²) in [5.41, 5.74) is 2.40. The lowest BCUT2D eigenvalue weighted by Gasteiger charge is -2.30. The Kier molecular flexibility index (Phi) is 4.65. The van der Waals surface area contributed by atoms with Crippen molar-refractivity contribution in [1.29, 1.82) is 0 Å². The predicted octanol–water partition coefficient (Wildman–Crippen LogP) is 3.57. The SMILES string of the molecule is Cc1cc([C@@H]2[C@@H]3O[C@@H](C[C@@H]3O)[C@H]2C(=O)Nc2ccc(Cl)c(Cl)c2)ccn1. The standard InChI is InChI=1S/C19H18Cl2N2O3/c1-9-6-10(4-5-22-9)16-17(15-8-14(24)18(16)26-15)19(25)23-11-2-3-12(20)13(21)7-11/h2-7,14-18,24H,8H2,1H3,(H,23,25)/t14-,15-,16-,17+,18+/m0/s1. The first kappa shape index (κ1) is 17.7. The van der Waals surface area contributed by atoms with Crippen LogP contribution in [0.4, 0.5) is 5.69 Å². The highest BCUT2D eigenvalue weighted by atomic mass is 35.5. The van der Waals surface area contributed by atoms with E-state index in [2.05, 4.69) is 10.3 Å². The van der Waals surface area contributed by atoms with Gasteiger partial charge in [-0.25, -0.2) is 0 Å². The van der Waals surface area contributed by atoms with Crippen LogP contribution < -0.4 is 5.32 Å². The summed E-state index contributed by atoms with van der Waals surface area (Å²) < 4.78 is 5.93. The predicted molar refractivity (Wildman–Crippen MR) is 99.6 cm³/mol. The van der Waals surface area contributed by atoms with Crippen LogP contribution in [-0.2, 0) is 9.53 Å². The van der Waals surface area contributed by atoms with Crippen molar-refractivity contribution in [3.8, 4) is 0 Å². The Morgan fingerprint density at radius 3 is 2.81 bits per heavy atom. The van der Waals surface area contributed by atoms with E-state index in [1.807, 2.05) is 19.1 Å². The number of nitrogens with zero attached hydrogens (tertiary/aromatic N) is 1.